The number of hydrogen-bond acceptors (Lipinski definition) is 1. The maximum Gasteiger partial charge on any atom is 0.133 e. The molecule has 0 amide bonds. The van der Waals surface area contributed by atoms with Gasteiger partial charge in [-0.05, 0) is 49.9 Å². The smallest absolute Gasteiger partial charge is 0.133 e. The summed E-state index contributed by atoms with van der Waals surface area (Å²) in [5.74, 6) is 2.80. The first-order valence-electron chi connectivity index (χ1n) is 4.74. The summed E-state index contributed by atoms with van der Waals surface area (Å²) in [5, 5.41) is 0. The Balaban J connectivity index is 1.78. The van der Waals surface area contributed by atoms with Crippen molar-refractivity contribution >= 4 is 5.78 Å². The second-order valence-corrected chi connectivity index (χ2v) is 4.73. The third-order valence-corrected chi connectivity index (χ3v) is 4.66. The van der Waals surface area contributed by atoms with Gasteiger partial charge in [-0.3, -0.25) is 4.79 Å². The monoisotopic (exact) mass is 150 g/mol. The van der Waals surface area contributed by atoms with Crippen molar-refractivity contribution in [3.8, 4) is 0 Å². The van der Waals surface area contributed by atoms with Gasteiger partial charge in [-0.25, -0.2) is 0 Å². The second kappa shape index (κ2) is 1.55. The van der Waals surface area contributed by atoms with Gasteiger partial charge >= 0.3 is 0 Å². The highest BCUT2D eigenvalue weighted by Gasteiger charge is 2.70. The largest absolute Gasteiger partial charge is 0.300 e. The van der Waals surface area contributed by atoms with Gasteiger partial charge in [-0.2, -0.15) is 0 Å². The first-order chi connectivity index (χ1) is 5.24. The van der Waals surface area contributed by atoms with Gasteiger partial charge in [0.05, 0.1) is 0 Å². The third-order valence-electron chi connectivity index (χ3n) is 4.66. The van der Waals surface area contributed by atoms with Gasteiger partial charge in [-0.15, -0.1) is 0 Å². The fourth-order valence-corrected chi connectivity index (χ4v) is 3.74. The van der Waals surface area contributed by atoms with Crippen molar-refractivity contribution in [2.75, 3.05) is 0 Å². The van der Waals surface area contributed by atoms with E-state index in [9.17, 15) is 4.79 Å². The predicted molar refractivity (Wildman–Crippen MR) is 42.1 cm³/mol. The second-order valence-electron chi connectivity index (χ2n) is 4.73. The molecule has 0 aliphatic heterocycles. The first-order valence-corrected chi connectivity index (χ1v) is 4.74. The number of carbonyl (C=O) groups is 1. The van der Waals surface area contributed by atoms with Crippen molar-refractivity contribution in [1.29, 1.82) is 0 Å². The maximum absolute atomic E-state index is 11.1. The van der Waals surface area contributed by atoms with Crippen LogP contribution in [0, 0.1) is 23.2 Å². The molecule has 4 unspecified atom stereocenters. The molecule has 0 radical (unpaired) electrons. The van der Waals surface area contributed by atoms with E-state index >= 15 is 0 Å². The lowest BCUT2D eigenvalue weighted by Crippen LogP contribution is -2.68. The molecule has 0 aromatic carbocycles. The van der Waals surface area contributed by atoms with E-state index in [1.165, 1.54) is 25.7 Å². The molecule has 1 spiro atoms. The Bertz CT molecular complexity index is 233. The highest BCUT2D eigenvalue weighted by Crippen LogP contribution is 2.76. The van der Waals surface area contributed by atoms with E-state index in [0.29, 0.717) is 11.7 Å². The Morgan fingerprint density at radius 3 is 2.64 bits per heavy atom. The number of Topliss-reactive ketones (excluding diaryl/α,β-unsaturated/α-hetero) is 1. The normalized spacial score (nSPS) is 57.7. The van der Waals surface area contributed by atoms with Crippen LogP contribution in [0.3, 0.4) is 0 Å². The van der Waals surface area contributed by atoms with Crippen molar-refractivity contribution in [1.82, 2.24) is 0 Å². The number of carbonyl (C=O) groups excluding carboxylic acids is 1. The van der Waals surface area contributed by atoms with Gasteiger partial charge in [0.1, 0.15) is 5.78 Å². The minimum atomic E-state index is 0.450. The Morgan fingerprint density at radius 2 is 2.36 bits per heavy atom. The van der Waals surface area contributed by atoms with Crippen LogP contribution >= 0.6 is 0 Å². The molecule has 3 saturated carbocycles. The van der Waals surface area contributed by atoms with Crippen LogP contribution in [0.5, 0.6) is 0 Å². The van der Waals surface area contributed by atoms with Crippen molar-refractivity contribution < 1.29 is 4.79 Å². The Hall–Kier alpha value is -0.330. The fraction of sp³-hybridized carbons (Fsp3) is 0.900. The van der Waals surface area contributed by atoms with Gasteiger partial charge in [0.25, 0.3) is 0 Å². The standard InChI is InChI=1S/C10H14O/c1-6(11)8-5-10-3-2-7(10)4-9(8)10/h7-9H,2-5H2,1H3. The van der Waals surface area contributed by atoms with E-state index < -0.39 is 0 Å². The molecule has 0 heterocycles. The molecule has 3 rings (SSSR count). The summed E-state index contributed by atoms with van der Waals surface area (Å²) in [6.07, 6.45) is 5.52. The van der Waals surface area contributed by atoms with Crippen molar-refractivity contribution in [3.05, 3.63) is 0 Å². The number of hydrogen-bond donors (Lipinski definition) is 0. The van der Waals surface area contributed by atoms with Gasteiger partial charge in [0.2, 0.25) is 0 Å². The minimum Gasteiger partial charge on any atom is -0.300 e. The van der Waals surface area contributed by atoms with Crippen molar-refractivity contribution in [2.45, 2.75) is 32.6 Å². The topological polar surface area (TPSA) is 17.1 Å². The van der Waals surface area contributed by atoms with Crippen LogP contribution in [0.4, 0.5) is 0 Å². The molecule has 0 aromatic rings. The van der Waals surface area contributed by atoms with Crippen molar-refractivity contribution in [3.63, 3.8) is 0 Å². The summed E-state index contributed by atoms with van der Waals surface area (Å²) in [7, 11) is 0. The Labute approximate surface area is 67.2 Å². The fourth-order valence-electron chi connectivity index (χ4n) is 3.74. The molecule has 3 aliphatic rings. The summed E-state index contributed by atoms with van der Waals surface area (Å²) < 4.78 is 0. The van der Waals surface area contributed by atoms with Crippen LogP contribution in [0.15, 0.2) is 0 Å². The van der Waals surface area contributed by atoms with Crippen LogP contribution in [0.25, 0.3) is 0 Å². The molecule has 0 bridgehead atoms. The van der Waals surface area contributed by atoms with Gasteiger partial charge in [0.15, 0.2) is 0 Å². The third kappa shape index (κ3) is 0.473. The molecule has 3 aliphatic carbocycles. The van der Waals surface area contributed by atoms with Crippen LogP contribution in [0.2, 0.25) is 0 Å². The van der Waals surface area contributed by atoms with Crippen LogP contribution in [0.1, 0.15) is 32.6 Å². The molecular formula is C10H14O. The molecule has 0 saturated heterocycles. The van der Waals surface area contributed by atoms with Gasteiger partial charge in [0, 0.05) is 5.92 Å². The van der Waals surface area contributed by atoms with E-state index in [0.717, 1.165) is 17.3 Å². The van der Waals surface area contributed by atoms with Crippen molar-refractivity contribution in [2.24, 2.45) is 23.2 Å². The molecule has 0 N–H and O–H groups in total. The van der Waals surface area contributed by atoms with Gasteiger partial charge < -0.3 is 0 Å². The van der Waals surface area contributed by atoms with E-state index in [1.807, 2.05) is 0 Å². The average Bonchev–Trinajstić information content (AvgIpc) is 1.83. The van der Waals surface area contributed by atoms with E-state index in [1.54, 1.807) is 6.92 Å². The Kier molecular flexibility index (Phi) is 0.875. The van der Waals surface area contributed by atoms with Crippen LogP contribution < -0.4 is 0 Å². The minimum absolute atomic E-state index is 0.450. The van der Waals surface area contributed by atoms with E-state index in [4.69, 9.17) is 0 Å². The lowest BCUT2D eigenvalue weighted by atomic mass is 9.30. The maximum atomic E-state index is 11.1. The highest BCUT2D eigenvalue weighted by atomic mass is 16.1. The molecule has 11 heavy (non-hydrogen) atoms. The quantitative estimate of drug-likeness (QED) is 0.559. The summed E-state index contributed by atoms with van der Waals surface area (Å²) in [6.45, 7) is 1.77. The molecule has 0 aromatic heterocycles. The number of ketones is 1. The average molecular weight is 150 g/mol. The lowest BCUT2D eigenvalue weighted by Gasteiger charge is -2.74. The lowest BCUT2D eigenvalue weighted by molar-refractivity contribution is -0.247. The summed E-state index contributed by atoms with van der Waals surface area (Å²) in [5.41, 5.74) is 0.732. The van der Waals surface area contributed by atoms with Crippen LogP contribution in [-0.4, -0.2) is 5.78 Å². The zero-order valence-corrected chi connectivity index (χ0v) is 6.97. The Morgan fingerprint density at radius 1 is 1.55 bits per heavy atom. The molecule has 1 heteroatoms. The molecule has 60 valence electrons. The van der Waals surface area contributed by atoms with E-state index in [-0.39, 0.29) is 0 Å². The summed E-state index contributed by atoms with van der Waals surface area (Å²) in [6, 6.07) is 0. The zero-order valence-electron chi connectivity index (χ0n) is 6.97. The molecule has 1 nitrogen and oxygen atoms in total. The molecular weight excluding hydrogens is 136 g/mol. The predicted octanol–water partition coefficient (Wildman–Crippen LogP) is 2.01. The number of rotatable bonds is 1. The zero-order chi connectivity index (χ0) is 7.64. The highest BCUT2D eigenvalue weighted by molar-refractivity contribution is 5.80. The van der Waals surface area contributed by atoms with E-state index in [2.05, 4.69) is 0 Å². The summed E-state index contributed by atoms with van der Waals surface area (Å²) in [4.78, 5) is 11.1. The van der Waals surface area contributed by atoms with Gasteiger partial charge in [-0.1, -0.05) is 0 Å². The molecule has 4 atom stereocenters. The van der Waals surface area contributed by atoms with Crippen LogP contribution in [-0.2, 0) is 4.79 Å². The summed E-state index contributed by atoms with van der Waals surface area (Å²) >= 11 is 0. The molecule has 3 fully saturated rings. The first kappa shape index (κ1) is 6.22. The SMILES string of the molecule is CC(=O)C1CC23CCC2CC13.